The number of rotatable bonds is 7. The minimum atomic E-state index is -0.516. The Morgan fingerprint density at radius 2 is 1.88 bits per heavy atom. The van der Waals surface area contributed by atoms with Crippen LogP contribution in [0.25, 0.3) is 0 Å². The van der Waals surface area contributed by atoms with Crippen molar-refractivity contribution < 1.29 is 14.3 Å². The molecule has 0 radical (unpaired) electrons. The molecule has 142 valence electrons. The molecule has 0 unspecified atom stereocenters. The lowest BCUT2D eigenvalue weighted by Crippen LogP contribution is -2.46. The largest absolute Gasteiger partial charge is 0.491 e. The van der Waals surface area contributed by atoms with Crippen LogP contribution in [0.15, 0.2) is 16.6 Å². The van der Waals surface area contributed by atoms with Crippen molar-refractivity contribution in [3.05, 3.63) is 21.6 Å². The van der Waals surface area contributed by atoms with Gasteiger partial charge in [-0.05, 0) is 76.0 Å². The van der Waals surface area contributed by atoms with Crippen LogP contribution < -0.4 is 15.4 Å². The number of hydrogen-bond donors (Lipinski definition) is 2. The van der Waals surface area contributed by atoms with Crippen LogP contribution in [0.4, 0.5) is 10.5 Å². The molecular formula is C18H28BrClN2O3. The fourth-order valence-corrected chi connectivity index (χ4v) is 3.06. The molecule has 0 aliphatic carbocycles. The molecule has 0 aliphatic rings. The Hall–Kier alpha value is -1.14. The van der Waals surface area contributed by atoms with E-state index < -0.39 is 17.2 Å². The minimum absolute atomic E-state index is 0.419. The standard InChI is InChI=1S/C18H28BrClN2O3/c1-7-24-15-13(19)10-12(20)11-14(15)21-9-8-18(5,6)22-16(23)25-17(2,3)4/h10-11,21H,7-9H2,1-6H3,(H,22,23). The predicted molar refractivity (Wildman–Crippen MR) is 107 cm³/mol. The lowest BCUT2D eigenvalue weighted by atomic mass is 10.0. The average Bonchev–Trinajstić information content (AvgIpc) is 2.39. The fourth-order valence-electron chi connectivity index (χ4n) is 2.13. The Morgan fingerprint density at radius 3 is 2.44 bits per heavy atom. The van der Waals surface area contributed by atoms with Crippen LogP contribution in [-0.4, -0.2) is 30.4 Å². The highest BCUT2D eigenvalue weighted by Crippen LogP contribution is 2.36. The number of alkyl carbamates (subject to hydrolysis) is 1. The number of nitrogens with one attached hydrogen (secondary N) is 2. The third-order valence-electron chi connectivity index (χ3n) is 3.20. The molecule has 0 spiro atoms. The van der Waals surface area contributed by atoms with E-state index >= 15 is 0 Å². The number of carbonyl (C=O) groups excluding carboxylic acids is 1. The second kappa shape index (κ2) is 8.99. The van der Waals surface area contributed by atoms with Crippen LogP contribution in [0.2, 0.25) is 5.02 Å². The Balaban J connectivity index is 2.65. The molecule has 0 saturated carbocycles. The van der Waals surface area contributed by atoms with Crippen LogP contribution in [0.1, 0.15) is 48.0 Å². The van der Waals surface area contributed by atoms with Gasteiger partial charge < -0.3 is 20.1 Å². The smallest absolute Gasteiger partial charge is 0.408 e. The number of anilines is 1. The maximum Gasteiger partial charge on any atom is 0.408 e. The minimum Gasteiger partial charge on any atom is -0.491 e. The summed E-state index contributed by atoms with van der Waals surface area (Å²) in [6.07, 6.45) is 0.278. The van der Waals surface area contributed by atoms with Gasteiger partial charge in [-0.1, -0.05) is 11.6 Å². The summed E-state index contributed by atoms with van der Waals surface area (Å²) in [6.45, 7) is 12.6. The maximum absolute atomic E-state index is 11.9. The lowest BCUT2D eigenvalue weighted by molar-refractivity contribution is 0.0470. The quantitative estimate of drug-likeness (QED) is 0.584. The van der Waals surface area contributed by atoms with E-state index in [1.54, 1.807) is 6.07 Å². The van der Waals surface area contributed by atoms with Crippen LogP contribution in [0.5, 0.6) is 5.75 Å². The molecule has 0 fully saturated rings. The van der Waals surface area contributed by atoms with Gasteiger partial charge in [0.25, 0.3) is 0 Å². The molecule has 0 bridgehead atoms. The summed E-state index contributed by atoms with van der Waals surface area (Å²) < 4.78 is 11.8. The fraction of sp³-hybridized carbons (Fsp3) is 0.611. The Morgan fingerprint density at radius 1 is 1.24 bits per heavy atom. The van der Waals surface area contributed by atoms with E-state index in [9.17, 15) is 4.79 Å². The van der Waals surface area contributed by atoms with Gasteiger partial charge >= 0.3 is 6.09 Å². The van der Waals surface area contributed by atoms with E-state index in [0.717, 1.165) is 15.9 Å². The molecule has 0 atom stereocenters. The SMILES string of the molecule is CCOc1c(Br)cc(Cl)cc1NCCC(C)(C)NC(=O)OC(C)(C)C. The molecular weight excluding hydrogens is 408 g/mol. The topological polar surface area (TPSA) is 59.6 Å². The van der Waals surface area contributed by atoms with E-state index in [-0.39, 0.29) is 0 Å². The molecule has 0 heterocycles. The first-order chi connectivity index (χ1) is 11.4. The third kappa shape index (κ3) is 8.19. The van der Waals surface area contributed by atoms with Crippen LogP contribution >= 0.6 is 27.5 Å². The molecule has 1 aromatic carbocycles. The number of carbonyl (C=O) groups is 1. The van der Waals surface area contributed by atoms with Crippen molar-refractivity contribution in [1.29, 1.82) is 0 Å². The summed E-state index contributed by atoms with van der Waals surface area (Å²) >= 11 is 9.59. The Kier molecular flexibility index (Phi) is 7.88. The highest BCUT2D eigenvalue weighted by Gasteiger charge is 2.24. The number of benzene rings is 1. The van der Waals surface area contributed by atoms with Gasteiger partial charge in [-0.25, -0.2) is 4.79 Å². The van der Waals surface area contributed by atoms with Crippen molar-refractivity contribution in [2.45, 2.75) is 59.1 Å². The molecule has 1 amide bonds. The second-order valence-electron chi connectivity index (χ2n) is 7.38. The molecule has 7 heteroatoms. The maximum atomic E-state index is 11.9. The molecule has 0 saturated heterocycles. The molecule has 1 rings (SSSR count). The van der Waals surface area contributed by atoms with E-state index in [0.29, 0.717) is 24.6 Å². The average molecular weight is 436 g/mol. The van der Waals surface area contributed by atoms with E-state index in [2.05, 4.69) is 26.6 Å². The molecule has 25 heavy (non-hydrogen) atoms. The van der Waals surface area contributed by atoms with E-state index in [1.807, 2.05) is 47.6 Å². The number of ether oxygens (including phenoxy) is 2. The predicted octanol–water partition coefficient (Wildman–Crippen LogP) is 5.61. The monoisotopic (exact) mass is 434 g/mol. The number of hydrogen-bond acceptors (Lipinski definition) is 4. The third-order valence-corrected chi connectivity index (χ3v) is 4.01. The van der Waals surface area contributed by atoms with Crippen molar-refractivity contribution >= 4 is 39.3 Å². The first kappa shape index (κ1) is 21.9. The van der Waals surface area contributed by atoms with Gasteiger partial charge in [0.15, 0.2) is 5.75 Å². The van der Waals surface area contributed by atoms with Gasteiger partial charge in [0.2, 0.25) is 0 Å². The first-order valence-electron chi connectivity index (χ1n) is 8.30. The summed E-state index contributed by atoms with van der Waals surface area (Å²) in [4.78, 5) is 11.9. The van der Waals surface area contributed by atoms with Gasteiger partial charge in [0.05, 0.1) is 16.8 Å². The Labute approximate surface area is 163 Å². The molecule has 0 aromatic heterocycles. The van der Waals surface area contributed by atoms with Gasteiger partial charge in [-0.3, -0.25) is 0 Å². The molecule has 2 N–H and O–H groups in total. The summed E-state index contributed by atoms with van der Waals surface area (Å²) in [6, 6.07) is 3.62. The van der Waals surface area contributed by atoms with Gasteiger partial charge in [-0.2, -0.15) is 0 Å². The highest BCUT2D eigenvalue weighted by atomic mass is 79.9. The Bertz CT molecular complexity index is 601. The van der Waals surface area contributed by atoms with Crippen molar-refractivity contribution in [2.75, 3.05) is 18.5 Å². The van der Waals surface area contributed by atoms with Crippen LogP contribution in [0, 0.1) is 0 Å². The highest BCUT2D eigenvalue weighted by molar-refractivity contribution is 9.10. The lowest BCUT2D eigenvalue weighted by Gasteiger charge is -2.29. The molecule has 5 nitrogen and oxygen atoms in total. The zero-order valence-corrected chi connectivity index (χ0v) is 18.1. The summed E-state index contributed by atoms with van der Waals surface area (Å²) in [5.41, 5.74) is -0.122. The normalized spacial score (nSPS) is 11.8. The van der Waals surface area contributed by atoms with Crippen molar-refractivity contribution in [1.82, 2.24) is 5.32 Å². The van der Waals surface area contributed by atoms with Crippen LogP contribution in [-0.2, 0) is 4.74 Å². The summed E-state index contributed by atoms with van der Waals surface area (Å²) in [5.74, 6) is 0.727. The molecule has 1 aromatic rings. The van der Waals surface area contributed by atoms with Crippen molar-refractivity contribution in [3.63, 3.8) is 0 Å². The summed E-state index contributed by atoms with van der Waals surface area (Å²) in [5, 5.41) is 6.83. The van der Waals surface area contributed by atoms with E-state index in [1.165, 1.54) is 0 Å². The zero-order chi connectivity index (χ0) is 19.3. The van der Waals surface area contributed by atoms with Crippen LogP contribution in [0.3, 0.4) is 0 Å². The first-order valence-corrected chi connectivity index (χ1v) is 9.47. The second-order valence-corrected chi connectivity index (χ2v) is 8.68. The zero-order valence-electron chi connectivity index (χ0n) is 15.8. The summed E-state index contributed by atoms with van der Waals surface area (Å²) in [7, 11) is 0. The number of halogens is 2. The van der Waals surface area contributed by atoms with E-state index in [4.69, 9.17) is 21.1 Å². The van der Waals surface area contributed by atoms with Gasteiger partial charge in [0.1, 0.15) is 5.60 Å². The van der Waals surface area contributed by atoms with Gasteiger partial charge in [0, 0.05) is 17.1 Å². The van der Waals surface area contributed by atoms with Gasteiger partial charge in [-0.15, -0.1) is 0 Å². The van der Waals surface area contributed by atoms with Crippen molar-refractivity contribution in [3.8, 4) is 5.75 Å². The van der Waals surface area contributed by atoms with Crippen molar-refractivity contribution in [2.24, 2.45) is 0 Å². The molecule has 0 aliphatic heterocycles. The number of amides is 1.